The fourth-order valence-corrected chi connectivity index (χ4v) is 7.39. The molecule has 3 amide bonds. The summed E-state index contributed by atoms with van der Waals surface area (Å²) in [5.74, 6) is 1.72. The third-order valence-electron chi connectivity index (χ3n) is 10.1. The first-order chi connectivity index (χ1) is 26.4. The molecule has 2 aliphatic heterocycles. The Morgan fingerprint density at radius 1 is 0.722 bits per heavy atom. The Bertz CT molecular complexity index is 2240. The molecular formula is C40H38N10O4. The van der Waals surface area contributed by atoms with Crippen LogP contribution in [0.3, 0.4) is 0 Å². The number of carboxylic acid groups (broad SMARTS) is 1. The average Bonchev–Trinajstić information content (AvgIpc) is 4.04. The van der Waals surface area contributed by atoms with Crippen molar-refractivity contribution >= 4 is 17.9 Å². The molecule has 0 unspecified atom stereocenters. The number of nitrogens with zero attached hydrogens (tertiary/aromatic N) is 7. The number of likely N-dealkylation sites (tertiary alicyclic amines) is 2. The standard InChI is InChI=1S/C40H38N10O4/c51-34(19-25-7-4-16-41-20-25)49-17-5-10-32(49)37-44-23-30(46-37)26-12-14-28(15-13-26)36-42-21-29(22-43-36)31-24-45-38(47-31)33-11-6-18-50(33)39(52)35(48-40(53)54)27-8-2-1-3-9-27/h1-4,7-9,12-16,20-24,32-33,35,48H,5-6,10-11,17-19H2,(H,44,46)(H,45,47)(H,53,54)/t32-,33-,35+/m0/s1. The second-order valence-corrected chi connectivity index (χ2v) is 13.5. The number of hydrogen-bond donors (Lipinski definition) is 4. The van der Waals surface area contributed by atoms with Crippen molar-refractivity contribution in [3.63, 3.8) is 0 Å². The van der Waals surface area contributed by atoms with E-state index in [2.05, 4.69) is 40.2 Å². The Morgan fingerprint density at radius 3 is 2.00 bits per heavy atom. The normalized spacial score (nSPS) is 17.4. The molecule has 14 heteroatoms. The lowest BCUT2D eigenvalue weighted by Gasteiger charge is -2.28. The zero-order valence-electron chi connectivity index (χ0n) is 29.3. The maximum atomic E-state index is 13.7. The minimum absolute atomic E-state index is 0.0729. The second kappa shape index (κ2) is 15.1. The quantitative estimate of drug-likeness (QED) is 0.134. The van der Waals surface area contributed by atoms with Crippen LogP contribution < -0.4 is 5.32 Å². The fraction of sp³-hybridized carbons (Fsp3) is 0.250. The first kappa shape index (κ1) is 34.4. The molecule has 2 aromatic carbocycles. The van der Waals surface area contributed by atoms with Gasteiger partial charge in [0, 0.05) is 49.0 Å². The van der Waals surface area contributed by atoms with E-state index in [0.717, 1.165) is 53.0 Å². The molecule has 2 saturated heterocycles. The van der Waals surface area contributed by atoms with Crippen LogP contribution in [0.4, 0.5) is 4.79 Å². The van der Waals surface area contributed by atoms with Crippen LogP contribution in [0.15, 0.2) is 104 Å². The van der Waals surface area contributed by atoms with Gasteiger partial charge in [0.05, 0.1) is 42.3 Å². The van der Waals surface area contributed by atoms with Gasteiger partial charge < -0.3 is 30.2 Å². The summed E-state index contributed by atoms with van der Waals surface area (Å²) in [6.07, 6.45) is 12.7. The number of hydrogen-bond acceptors (Lipinski definition) is 8. The average molecular weight is 723 g/mol. The van der Waals surface area contributed by atoms with Gasteiger partial charge in [0.15, 0.2) is 5.82 Å². The summed E-state index contributed by atoms with van der Waals surface area (Å²) in [5, 5.41) is 11.9. The molecule has 4 N–H and O–H groups in total. The van der Waals surface area contributed by atoms with Crippen molar-refractivity contribution in [2.75, 3.05) is 13.1 Å². The molecule has 0 aliphatic carbocycles. The third kappa shape index (κ3) is 7.18. The molecule has 272 valence electrons. The van der Waals surface area contributed by atoms with Gasteiger partial charge in [0.1, 0.15) is 17.7 Å². The van der Waals surface area contributed by atoms with E-state index in [4.69, 9.17) is 0 Å². The number of aromatic amines is 2. The van der Waals surface area contributed by atoms with E-state index >= 15 is 0 Å². The number of nitrogens with one attached hydrogen (secondary N) is 3. The van der Waals surface area contributed by atoms with Gasteiger partial charge in [-0.1, -0.05) is 60.7 Å². The lowest BCUT2D eigenvalue weighted by atomic mass is 10.1. The smallest absolute Gasteiger partial charge is 0.405 e. The number of H-pyrrole nitrogens is 2. The second-order valence-electron chi connectivity index (χ2n) is 13.5. The van der Waals surface area contributed by atoms with Gasteiger partial charge in [-0.25, -0.2) is 24.7 Å². The van der Waals surface area contributed by atoms with Crippen molar-refractivity contribution in [3.05, 3.63) is 127 Å². The molecule has 54 heavy (non-hydrogen) atoms. The topological polar surface area (TPSA) is 186 Å². The van der Waals surface area contributed by atoms with Crippen molar-refractivity contribution in [3.8, 4) is 33.9 Å². The van der Waals surface area contributed by atoms with Gasteiger partial charge in [-0.05, 0) is 48.4 Å². The molecule has 2 aliphatic rings. The largest absolute Gasteiger partial charge is 0.465 e. The summed E-state index contributed by atoms with van der Waals surface area (Å²) >= 11 is 0. The number of benzene rings is 2. The van der Waals surface area contributed by atoms with E-state index in [1.807, 2.05) is 53.6 Å². The highest BCUT2D eigenvalue weighted by Crippen LogP contribution is 2.35. The Hall–Kier alpha value is -6.70. The molecule has 6 aromatic rings. The van der Waals surface area contributed by atoms with Crippen molar-refractivity contribution in [1.82, 2.24) is 50.0 Å². The van der Waals surface area contributed by atoms with E-state index in [0.29, 0.717) is 48.8 Å². The first-order valence-corrected chi connectivity index (χ1v) is 18.0. The van der Waals surface area contributed by atoms with E-state index in [9.17, 15) is 19.5 Å². The molecule has 0 bridgehead atoms. The number of amides is 3. The number of carbonyl (C=O) groups excluding carboxylic acids is 2. The van der Waals surface area contributed by atoms with Gasteiger partial charge in [-0.2, -0.15) is 0 Å². The van der Waals surface area contributed by atoms with E-state index in [-0.39, 0.29) is 23.9 Å². The van der Waals surface area contributed by atoms with Crippen molar-refractivity contribution in [1.29, 1.82) is 0 Å². The Kier molecular flexibility index (Phi) is 9.62. The third-order valence-corrected chi connectivity index (χ3v) is 10.1. The zero-order valence-corrected chi connectivity index (χ0v) is 29.3. The predicted octanol–water partition coefficient (Wildman–Crippen LogP) is 5.90. The number of carbonyl (C=O) groups is 3. The number of pyridine rings is 1. The van der Waals surface area contributed by atoms with Crippen LogP contribution in [-0.2, 0) is 16.0 Å². The highest BCUT2D eigenvalue weighted by atomic mass is 16.4. The fourth-order valence-electron chi connectivity index (χ4n) is 7.39. The van der Waals surface area contributed by atoms with E-state index in [1.54, 1.807) is 60.1 Å². The summed E-state index contributed by atoms with van der Waals surface area (Å²) in [5.41, 5.74) is 5.60. The summed E-state index contributed by atoms with van der Waals surface area (Å²) in [7, 11) is 0. The lowest BCUT2D eigenvalue weighted by molar-refractivity contribution is -0.134. The van der Waals surface area contributed by atoms with Gasteiger partial charge in [0.25, 0.3) is 5.91 Å². The number of aromatic nitrogens is 7. The molecule has 6 heterocycles. The summed E-state index contributed by atoms with van der Waals surface area (Å²) in [6.45, 7) is 1.20. The molecule has 0 spiro atoms. The molecule has 8 rings (SSSR count). The van der Waals surface area contributed by atoms with Crippen LogP contribution in [0.25, 0.3) is 33.9 Å². The predicted molar refractivity (Wildman–Crippen MR) is 198 cm³/mol. The molecular weight excluding hydrogens is 685 g/mol. The van der Waals surface area contributed by atoms with Crippen LogP contribution in [0, 0.1) is 0 Å². The molecule has 0 saturated carbocycles. The Balaban J connectivity index is 0.921. The maximum Gasteiger partial charge on any atom is 0.405 e. The number of rotatable bonds is 10. The SMILES string of the molecule is O=C(O)N[C@@H](C(=O)N1CCC[C@H]1c1ncc(-c2cnc(-c3ccc(-c4cnc([C@@H]5CCCN5C(=O)Cc5cccnc5)[nH]4)cc3)nc2)[nH]1)c1ccccc1. The Labute approximate surface area is 310 Å². The van der Waals surface area contributed by atoms with Crippen molar-refractivity contribution < 1.29 is 19.5 Å². The van der Waals surface area contributed by atoms with Crippen LogP contribution in [0.2, 0.25) is 0 Å². The first-order valence-electron chi connectivity index (χ1n) is 18.0. The minimum Gasteiger partial charge on any atom is -0.465 e. The molecule has 14 nitrogen and oxygen atoms in total. The highest BCUT2D eigenvalue weighted by Gasteiger charge is 2.37. The van der Waals surface area contributed by atoms with Gasteiger partial charge in [0.2, 0.25) is 5.91 Å². The van der Waals surface area contributed by atoms with Crippen LogP contribution in [0.5, 0.6) is 0 Å². The highest BCUT2D eigenvalue weighted by molar-refractivity contribution is 5.87. The zero-order chi connectivity index (χ0) is 37.0. The lowest BCUT2D eigenvalue weighted by Crippen LogP contribution is -2.42. The molecule has 0 radical (unpaired) electrons. The summed E-state index contributed by atoms with van der Waals surface area (Å²) < 4.78 is 0. The van der Waals surface area contributed by atoms with Gasteiger partial charge in [-0.3, -0.25) is 14.6 Å². The van der Waals surface area contributed by atoms with Crippen LogP contribution in [-0.4, -0.2) is 80.8 Å². The molecule has 4 aromatic heterocycles. The number of imidazole rings is 2. The van der Waals surface area contributed by atoms with Crippen molar-refractivity contribution in [2.45, 2.75) is 50.2 Å². The van der Waals surface area contributed by atoms with Gasteiger partial charge in [-0.15, -0.1) is 0 Å². The minimum atomic E-state index is -1.27. The monoisotopic (exact) mass is 722 g/mol. The van der Waals surface area contributed by atoms with E-state index < -0.39 is 12.1 Å². The van der Waals surface area contributed by atoms with Gasteiger partial charge >= 0.3 is 6.09 Å². The molecule has 3 atom stereocenters. The summed E-state index contributed by atoms with van der Waals surface area (Å²) in [4.78, 5) is 71.5. The maximum absolute atomic E-state index is 13.7. The van der Waals surface area contributed by atoms with Crippen LogP contribution in [0.1, 0.15) is 66.6 Å². The Morgan fingerprint density at radius 2 is 1.35 bits per heavy atom. The van der Waals surface area contributed by atoms with Crippen LogP contribution >= 0.6 is 0 Å². The summed E-state index contributed by atoms with van der Waals surface area (Å²) in [6, 6.07) is 19.1. The van der Waals surface area contributed by atoms with E-state index in [1.165, 1.54) is 0 Å². The molecule has 2 fully saturated rings. The van der Waals surface area contributed by atoms with Crippen molar-refractivity contribution in [2.24, 2.45) is 0 Å².